The molecule has 0 aliphatic heterocycles. The van der Waals surface area contributed by atoms with Crippen LogP contribution in [0.1, 0.15) is 25.6 Å². The van der Waals surface area contributed by atoms with Gasteiger partial charge in [-0.05, 0) is 18.6 Å². The molecule has 0 radical (unpaired) electrons. The summed E-state index contributed by atoms with van der Waals surface area (Å²) in [4.78, 5) is 22.9. The second-order valence-electron chi connectivity index (χ2n) is 5.09. The van der Waals surface area contributed by atoms with Crippen molar-refractivity contribution in [3.05, 3.63) is 46.6 Å². The lowest BCUT2D eigenvalue weighted by atomic mass is 10.3. The van der Waals surface area contributed by atoms with Crippen LogP contribution >= 0.6 is 0 Å². The predicted octanol–water partition coefficient (Wildman–Crippen LogP) is 1.55. The van der Waals surface area contributed by atoms with E-state index >= 15 is 0 Å². The second kappa shape index (κ2) is 8.17. The van der Waals surface area contributed by atoms with Gasteiger partial charge in [0.2, 0.25) is 0 Å². The first kappa shape index (κ1) is 16.8. The van der Waals surface area contributed by atoms with Gasteiger partial charge in [-0.1, -0.05) is 25.1 Å². The highest BCUT2D eigenvalue weighted by molar-refractivity contribution is 5.66. The Labute approximate surface area is 134 Å². The van der Waals surface area contributed by atoms with Crippen molar-refractivity contribution in [2.45, 2.75) is 39.3 Å². The van der Waals surface area contributed by atoms with Gasteiger partial charge in [0.15, 0.2) is 0 Å². The van der Waals surface area contributed by atoms with E-state index in [4.69, 9.17) is 9.84 Å². The van der Waals surface area contributed by atoms with Crippen LogP contribution in [0.3, 0.4) is 0 Å². The number of rotatable bonds is 9. The van der Waals surface area contributed by atoms with E-state index in [1.54, 1.807) is 4.57 Å². The van der Waals surface area contributed by atoms with Crippen LogP contribution in [0.15, 0.2) is 35.1 Å². The first-order valence-electron chi connectivity index (χ1n) is 7.68. The van der Waals surface area contributed by atoms with Gasteiger partial charge < -0.3 is 9.84 Å². The fourth-order valence-electron chi connectivity index (χ4n) is 2.27. The maximum Gasteiger partial charge on any atom is 0.346 e. The molecule has 0 saturated heterocycles. The third kappa shape index (κ3) is 4.70. The molecule has 0 spiro atoms. The maximum absolute atomic E-state index is 12.3. The van der Waals surface area contributed by atoms with Crippen molar-refractivity contribution in [3.8, 4) is 5.75 Å². The zero-order valence-electron chi connectivity index (χ0n) is 13.1. The second-order valence-corrected chi connectivity index (χ2v) is 5.09. The summed E-state index contributed by atoms with van der Waals surface area (Å²) in [5.41, 5.74) is -0.219. The molecule has 1 N–H and O–H groups in total. The number of aromatic nitrogens is 3. The molecule has 0 fully saturated rings. The van der Waals surface area contributed by atoms with E-state index < -0.39 is 5.97 Å². The van der Waals surface area contributed by atoms with Gasteiger partial charge in [-0.25, -0.2) is 9.48 Å². The summed E-state index contributed by atoms with van der Waals surface area (Å²) in [5, 5.41) is 12.9. The summed E-state index contributed by atoms with van der Waals surface area (Å²) in [6.07, 6.45) is 1.04. The lowest BCUT2D eigenvalue weighted by Gasteiger charge is -2.07. The number of carboxylic acids is 1. The maximum atomic E-state index is 12.3. The van der Waals surface area contributed by atoms with Gasteiger partial charge in [0, 0.05) is 19.4 Å². The minimum Gasteiger partial charge on any atom is -0.492 e. The van der Waals surface area contributed by atoms with Crippen LogP contribution in [-0.4, -0.2) is 32.0 Å². The van der Waals surface area contributed by atoms with Crippen molar-refractivity contribution in [1.82, 2.24) is 14.3 Å². The molecule has 0 amide bonds. The Balaban J connectivity index is 1.98. The highest BCUT2D eigenvalue weighted by Crippen LogP contribution is 2.08. The minimum atomic E-state index is -0.871. The Hall–Kier alpha value is -2.57. The highest BCUT2D eigenvalue weighted by atomic mass is 16.5. The normalized spacial score (nSPS) is 10.7. The van der Waals surface area contributed by atoms with E-state index in [2.05, 4.69) is 5.10 Å². The van der Waals surface area contributed by atoms with Gasteiger partial charge in [0.05, 0.1) is 6.54 Å². The number of carbonyl (C=O) groups is 1. The van der Waals surface area contributed by atoms with Crippen LogP contribution < -0.4 is 10.4 Å². The molecule has 1 aromatic carbocycles. The van der Waals surface area contributed by atoms with Crippen LogP contribution in [0.25, 0.3) is 0 Å². The van der Waals surface area contributed by atoms with E-state index in [0.717, 1.165) is 5.75 Å². The Morgan fingerprint density at radius 3 is 2.65 bits per heavy atom. The summed E-state index contributed by atoms with van der Waals surface area (Å²) in [5.74, 6) is 0.568. The number of para-hydroxylation sites is 1. The average Bonchev–Trinajstić information content (AvgIpc) is 2.84. The summed E-state index contributed by atoms with van der Waals surface area (Å²) in [7, 11) is 0. The molecule has 124 valence electrons. The number of carboxylic acid groups (broad SMARTS) is 1. The fourth-order valence-corrected chi connectivity index (χ4v) is 2.27. The van der Waals surface area contributed by atoms with Crippen LogP contribution in [0.2, 0.25) is 0 Å². The third-order valence-electron chi connectivity index (χ3n) is 3.40. The summed E-state index contributed by atoms with van der Waals surface area (Å²) in [6.45, 7) is 3.02. The highest BCUT2D eigenvalue weighted by Gasteiger charge is 2.12. The van der Waals surface area contributed by atoms with Gasteiger partial charge in [0.25, 0.3) is 0 Å². The van der Waals surface area contributed by atoms with Crippen molar-refractivity contribution < 1.29 is 14.6 Å². The Kier molecular flexibility index (Phi) is 5.96. The molecule has 2 rings (SSSR count). The number of ether oxygens (including phenoxy) is 1. The van der Waals surface area contributed by atoms with Crippen molar-refractivity contribution in [3.63, 3.8) is 0 Å². The van der Waals surface area contributed by atoms with Crippen LogP contribution in [0.4, 0.5) is 0 Å². The molecule has 2 aromatic rings. The first-order chi connectivity index (χ1) is 11.1. The van der Waals surface area contributed by atoms with Crippen LogP contribution in [0.5, 0.6) is 5.75 Å². The zero-order valence-corrected chi connectivity index (χ0v) is 13.1. The predicted molar refractivity (Wildman–Crippen MR) is 84.7 cm³/mol. The lowest BCUT2D eigenvalue weighted by Crippen LogP contribution is -2.27. The van der Waals surface area contributed by atoms with Crippen molar-refractivity contribution >= 4 is 5.97 Å². The molecule has 1 heterocycles. The van der Waals surface area contributed by atoms with Crippen molar-refractivity contribution in [2.24, 2.45) is 0 Å². The van der Waals surface area contributed by atoms with E-state index in [1.165, 1.54) is 4.68 Å². The number of aryl methyl sites for hydroxylation is 2. The SMILES string of the molecule is CCc1nn(CCCC(=O)O)c(=O)n1CCOc1ccccc1. The third-order valence-corrected chi connectivity index (χ3v) is 3.40. The minimum absolute atomic E-state index is 0.0257. The van der Waals surface area contributed by atoms with E-state index in [-0.39, 0.29) is 12.1 Å². The molecular weight excluding hydrogens is 298 g/mol. The number of aliphatic carboxylic acids is 1. The molecule has 0 aliphatic rings. The summed E-state index contributed by atoms with van der Waals surface area (Å²) >= 11 is 0. The van der Waals surface area contributed by atoms with Crippen molar-refractivity contribution in [2.75, 3.05) is 6.61 Å². The molecule has 0 bridgehead atoms. The van der Waals surface area contributed by atoms with Gasteiger partial charge in [-0.2, -0.15) is 5.10 Å². The number of benzene rings is 1. The van der Waals surface area contributed by atoms with Crippen LogP contribution in [-0.2, 0) is 24.3 Å². The summed E-state index contributed by atoms with van der Waals surface area (Å²) in [6, 6.07) is 9.41. The molecule has 0 unspecified atom stereocenters. The average molecular weight is 319 g/mol. The topological polar surface area (TPSA) is 86.4 Å². The number of hydrogen-bond acceptors (Lipinski definition) is 4. The summed E-state index contributed by atoms with van der Waals surface area (Å²) < 4.78 is 8.54. The van der Waals surface area contributed by atoms with E-state index in [9.17, 15) is 9.59 Å². The Morgan fingerprint density at radius 1 is 1.26 bits per heavy atom. The van der Waals surface area contributed by atoms with Gasteiger partial charge in [-0.3, -0.25) is 9.36 Å². The Morgan fingerprint density at radius 2 is 2.00 bits per heavy atom. The Bertz CT molecular complexity index is 691. The lowest BCUT2D eigenvalue weighted by molar-refractivity contribution is -0.137. The van der Waals surface area contributed by atoms with E-state index in [1.807, 2.05) is 37.3 Å². The van der Waals surface area contributed by atoms with Crippen molar-refractivity contribution in [1.29, 1.82) is 0 Å². The smallest absolute Gasteiger partial charge is 0.346 e. The molecule has 0 aliphatic carbocycles. The first-order valence-corrected chi connectivity index (χ1v) is 7.68. The molecular formula is C16H21N3O4. The van der Waals surface area contributed by atoms with E-state index in [0.29, 0.717) is 38.4 Å². The fraction of sp³-hybridized carbons (Fsp3) is 0.438. The van der Waals surface area contributed by atoms with Gasteiger partial charge in [0.1, 0.15) is 18.2 Å². The monoisotopic (exact) mass is 319 g/mol. The quantitative estimate of drug-likeness (QED) is 0.758. The van der Waals surface area contributed by atoms with Gasteiger partial charge >= 0.3 is 11.7 Å². The largest absolute Gasteiger partial charge is 0.492 e. The molecule has 1 aromatic heterocycles. The molecule has 7 heteroatoms. The number of nitrogens with zero attached hydrogens (tertiary/aromatic N) is 3. The molecule has 23 heavy (non-hydrogen) atoms. The number of hydrogen-bond donors (Lipinski definition) is 1. The zero-order chi connectivity index (χ0) is 16.7. The molecule has 0 atom stereocenters. The molecule has 7 nitrogen and oxygen atoms in total. The molecule has 0 saturated carbocycles. The van der Waals surface area contributed by atoms with Crippen LogP contribution in [0, 0.1) is 0 Å². The standard InChI is InChI=1S/C16H21N3O4/c1-2-14-17-19(10-6-9-15(20)21)16(22)18(14)11-12-23-13-7-4-3-5-8-13/h3-5,7-8H,2,6,9-12H2,1H3,(H,20,21). The van der Waals surface area contributed by atoms with Gasteiger partial charge in [-0.15, -0.1) is 0 Å².